The highest BCUT2D eigenvalue weighted by atomic mass is 19.4. The van der Waals surface area contributed by atoms with Crippen LogP contribution in [-0.4, -0.2) is 96.1 Å². The van der Waals surface area contributed by atoms with E-state index in [2.05, 4.69) is 37.6 Å². The minimum absolute atomic E-state index is 0.0799. The first-order valence-corrected chi connectivity index (χ1v) is 17.7. The highest BCUT2D eigenvalue weighted by Gasteiger charge is 2.54. The average molecular weight is 797 g/mol. The lowest BCUT2D eigenvalue weighted by atomic mass is 9.92. The molecular weight excluding hydrogens is 754 g/mol. The number of piperidine rings is 1. The van der Waals surface area contributed by atoms with Crippen molar-refractivity contribution < 1.29 is 60.1 Å². The fourth-order valence-corrected chi connectivity index (χ4v) is 6.40. The van der Waals surface area contributed by atoms with Gasteiger partial charge in [-0.25, -0.2) is 15.0 Å². The number of Topliss-reactive ketones (excluding diaryl/α,β-unsaturated/α-hetero) is 3. The number of nitrogens with one attached hydrogen (secondary N) is 2. The van der Waals surface area contributed by atoms with Gasteiger partial charge in [0.25, 0.3) is 0 Å². The third-order valence-electron chi connectivity index (χ3n) is 9.31. The predicted octanol–water partition coefficient (Wildman–Crippen LogP) is 5.76. The summed E-state index contributed by atoms with van der Waals surface area (Å²) < 4.78 is 77.5. The van der Waals surface area contributed by atoms with E-state index in [1.54, 1.807) is 25.3 Å². The molecule has 1 saturated heterocycles. The molecule has 2 aromatic heterocycles. The number of aromatic nitrogens is 3. The number of carboxylic acid groups (broad SMARTS) is 1. The molecule has 19 heteroatoms. The molecule has 3 N–H and O–H groups in total. The number of alkyl halides is 6. The summed E-state index contributed by atoms with van der Waals surface area (Å²) >= 11 is 0. The summed E-state index contributed by atoms with van der Waals surface area (Å²) in [5.74, 6) is -4.89. The number of pyridine rings is 1. The number of hydrogen-bond acceptors (Lipinski definition) is 12. The first-order chi connectivity index (χ1) is 26.5. The van der Waals surface area contributed by atoms with Crippen molar-refractivity contribution >= 4 is 40.8 Å². The Hall–Kier alpha value is -5.49. The molecule has 0 bridgehead atoms. The number of anilines is 3. The van der Waals surface area contributed by atoms with E-state index in [1.165, 1.54) is 19.0 Å². The van der Waals surface area contributed by atoms with Gasteiger partial charge >= 0.3 is 29.9 Å². The number of nitrogens with zero attached hydrogens (tertiary/aromatic N) is 4. The second-order valence-electron chi connectivity index (χ2n) is 13.1. The summed E-state index contributed by atoms with van der Waals surface area (Å²) in [5.41, 5.74) is 4.14. The van der Waals surface area contributed by atoms with Crippen LogP contribution < -0.4 is 25.0 Å². The Morgan fingerprint density at radius 1 is 0.964 bits per heavy atom. The maximum absolute atomic E-state index is 12.9. The summed E-state index contributed by atoms with van der Waals surface area (Å²) in [5, 5.41) is 16.6. The number of ether oxygens (including phenoxy) is 2. The van der Waals surface area contributed by atoms with E-state index in [4.69, 9.17) is 14.5 Å². The predicted molar refractivity (Wildman–Crippen MR) is 191 cm³/mol. The number of carbonyl (C=O) groups is 4. The number of ketones is 3. The molecule has 1 atom stereocenters. The van der Waals surface area contributed by atoms with E-state index in [0.717, 1.165) is 73.8 Å². The molecule has 0 spiro atoms. The number of benzene rings is 1. The van der Waals surface area contributed by atoms with Gasteiger partial charge in [0.05, 0.1) is 20.1 Å². The largest absolute Gasteiger partial charge is 0.493 e. The molecule has 2 aliphatic rings. The summed E-state index contributed by atoms with van der Waals surface area (Å²) in [6.07, 6.45) is -5.14. The summed E-state index contributed by atoms with van der Waals surface area (Å²) in [6.45, 7) is 4.81. The van der Waals surface area contributed by atoms with Gasteiger partial charge in [-0.3, -0.25) is 19.2 Å². The van der Waals surface area contributed by atoms with Crippen LogP contribution in [0.25, 0.3) is 0 Å². The second kappa shape index (κ2) is 18.9. The molecule has 304 valence electrons. The molecule has 0 saturated carbocycles. The molecule has 3 aromatic rings. The number of carboxylic acids is 1. The number of halogens is 6. The number of aliphatic carboxylic acids is 1. The maximum Gasteiger partial charge on any atom is 0.458 e. The Morgan fingerprint density at radius 3 is 2.21 bits per heavy atom. The van der Waals surface area contributed by atoms with Crippen LogP contribution in [0.3, 0.4) is 0 Å². The summed E-state index contributed by atoms with van der Waals surface area (Å²) in [4.78, 5) is 60.5. The van der Waals surface area contributed by atoms with Crippen molar-refractivity contribution in [1.82, 2.24) is 15.0 Å². The van der Waals surface area contributed by atoms with Gasteiger partial charge in [0.2, 0.25) is 0 Å². The lowest BCUT2D eigenvalue weighted by Crippen LogP contribution is -2.39. The Bertz CT molecular complexity index is 1860. The fraction of sp³-hybridized carbons (Fsp3) is 0.486. The minimum Gasteiger partial charge on any atom is -0.493 e. The molecule has 0 radical (unpaired) electrons. The van der Waals surface area contributed by atoms with Crippen LogP contribution in [0.15, 0.2) is 36.7 Å². The Balaban J connectivity index is 0.000000501. The Morgan fingerprint density at radius 2 is 1.62 bits per heavy atom. The van der Waals surface area contributed by atoms with Crippen molar-refractivity contribution in [2.75, 3.05) is 55.9 Å². The average Bonchev–Trinajstić information content (AvgIpc) is 3.17. The van der Waals surface area contributed by atoms with Crippen LogP contribution >= 0.6 is 0 Å². The number of rotatable bonds is 14. The van der Waals surface area contributed by atoms with Crippen molar-refractivity contribution in [3.63, 3.8) is 0 Å². The van der Waals surface area contributed by atoms with Gasteiger partial charge in [0.15, 0.2) is 11.5 Å². The fourth-order valence-electron chi connectivity index (χ4n) is 6.40. The molecule has 0 amide bonds. The molecule has 0 unspecified atom stereocenters. The second-order valence-corrected chi connectivity index (χ2v) is 13.1. The minimum atomic E-state index is -5.77. The number of methoxy groups -OCH3 is 2. The highest BCUT2D eigenvalue weighted by molar-refractivity contribution is 6.41. The highest BCUT2D eigenvalue weighted by Crippen LogP contribution is 2.34. The molecule has 4 heterocycles. The topological polar surface area (TPSA) is 173 Å². The van der Waals surface area contributed by atoms with E-state index < -0.39 is 35.8 Å². The van der Waals surface area contributed by atoms with E-state index in [-0.39, 0.29) is 25.2 Å². The quantitative estimate of drug-likeness (QED) is 0.133. The SMILES string of the molecule is CCc1c(NC[C@H](CC(=O)Cc2ccc(OC)c(OC)c2)C(=O)O)ncnc1N1CCC(c2ccc3c(n2)NCCC3)CC1.O=C(C(=O)C(F)(F)F)C(F)(F)F. The third-order valence-corrected chi connectivity index (χ3v) is 9.31. The molecular formula is C37H42F6N6O7. The third kappa shape index (κ3) is 11.3. The number of aryl methyl sites for hydroxylation is 1. The lowest BCUT2D eigenvalue weighted by molar-refractivity contribution is -0.193. The summed E-state index contributed by atoms with van der Waals surface area (Å²) in [7, 11) is 3.08. The van der Waals surface area contributed by atoms with Gasteiger partial charge in [-0.05, 0) is 61.4 Å². The van der Waals surface area contributed by atoms with Crippen LogP contribution in [0.2, 0.25) is 0 Å². The van der Waals surface area contributed by atoms with Gasteiger partial charge in [-0.1, -0.05) is 19.1 Å². The Kier molecular flexibility index (Phi) is 14.6. The van der Waals surface area contributed by atoms with Crippen molar-refractivity contribution in [2.45, 2.75) is 70.1 Å². The normalized spacial score (nSPS) is 15.0. The molecule has 13 nitrogen and oxygen atoms in total. The Labute approximate surface area is 318 Å². The molecule has 5 rings (SSSR count). The monoisotopic (exact) mass is 796 g/mol. The molecule has 0 aliphatic carbocycles. The summed E-state index contributed by atoms with van der Waals surface area (Å²) in [6, 6.07) is 9.67. The van der Waals surface area contributed by atoms with Crippen molar-refractivity contribution in [2.24, 2.45) is 5.92 Å². The van der Waals surface area contributed by atoms with Crippen LogP contribution in [0.1, 0.15) is 60.9 Å². The molecule has 2 aliphatic heterocycles. The van der Waals surface area contributed by atoms with Crippen LogP contribution in [0.4, 0.5) is 43.8 Å². The first-order valence-electron chi connectivity index (χ1n) is 17.7. The van der Waals surface area contributed by atoms with Gasteiger partial charge < -0.3 is 30.1 Å². The molecule has 56 heavy (non-hydrogen) atoms. The number of fused-ring (bicyclic) bond motifs is 1. The van der Waals surface area contributed by atoms with Gasteiger partial charge in [0, 0.05) is 56.2 Å². The smallest absolute Gasteiger partial charge is 0.458 e. The molecule has 1 aromatic carbocycles. The maximum atomic E-state index is 12.9. The number of carbonyl (C=O) groups excluding carboxylic acids is 3. The number of hydrogen-bond donors (Lipinski definition) is 3. The first kappa shape index (κ1) is 43.2. The van der Waals surface area contributed by atoms with Crippen LogP contribution in [0.5, 0.6) is 11.5 Å². The van der Waals surface area contributed by atoms with E-state index in [1.807, 2.05) is 6.92 Å². The van der Waals surface area contributed by atoms with E-state index >= 15 is 0 Å². The van der Waals surface area contributed by atoms with Gasteiger partial charge in [-0.2, -0.15) is 26.3 Å². The van der Waals surface area contributed by atoms with Crippen molar-refractivity contribution in [3.8, 4) is 11.5 Å². The molecule has 1 fully saturated rings. The zero-order valence-electron chi connectivity index (χ0n) is 30.9. The van der Waals surface area contributed by atoms with E-state index in [9.17, 15) is 50.6 Å². The van der Waals surface area contributed by atoms with Crippen LogP contribution in [0, 0.1) is 5.92 Å². The van der Waals surface area contributed by atoms with Gasteiger partial charge in [0.1, 0.15) is 29.6 Å². The zero-order chi connectivity index (χ0) is 41.2. The van der Waals surface area contributed by atoms with Crippen molar-refractivity contribution in [1.29, 1.82) is 0 Å². The zero-order valence-corrected chi connectivity index (χ0v) is 30.9. The van der Waals surface area contributed by atoms with Gasteiger partial charge in [-0.15, -0.1) is 0 Å². The van der Waals surface area contributed by atoms with Crippen LogP contribution in [-0.2, 0) is 38.4 Å². The van der Waals surface area contributed by atoms with Crippen molar-refractivity contribution in [3.05, 3.63) is 59.0 Å². The standard InChI is InChI=1S/C33H42N6O5.C4F6O2/c1-4-26-31(35-19-24(33(41)42)18-25(40)16-21-7-10-28(43-2)29(17-21)44-3)36-20-37-32(26)39-14-11-22(12-15-39)27-9-8-23-6-5-13-34-30(23)38-27;5-3(6,7)1(11)2(12)4(8,9)10/h7-10,17,20,22,24H,4-6,11-16,18-19H2,1-3H3,(H,34,38)(H,41,42)(H,35,36,37);/t24-;/m0./s1. The van der Waals surface area contributed by atoms with E-state index in [0.29, 0.717) is 29.7 Å². The lowest BCUT2D eigenvalue weighted by Gasteiger charge is -2.34.